The third-order valence-corrected chi connectivity index (χ3v) is 6.03. The third kappa shape index (κ3) is 5.30. The zero-order valence-electron chi connectivity index (χ0n) is 15.1. The molecule has 140 valence electrons. The molecule has 0 bridgehead atoms. The fourth-order valence-electron chi connectivity index (χ4n) is 2.53. The van der Waals surface area contributed by atoms with E-state index in [1.54, 1.807) is 32.2 Å². The van der Waals surface area contributed by atoms with E-state index in [0.717, 1.165) is 11.1 Å². The summed E-state index contributed by atoms with van der Waals surface area (Å²) in [7, 11) is -1.97. The highest BCUT2D eigenvalue weighted by Crippen LogP contribution is 2.18. The lowest BCUT2D eigenvalue weighted by atomic mass is 10.2. The molecule has 0 aliphatic rings. The highest BCUT2D eigenvalue weighted by atomic mass is 35.5. The number of sulfonamides is 1. The van der Waals surface area contributed by atoms with Crippen LogP contribution in [0.1, 0.15) is 23.1 Å². The maximum Gasteiger partial charge on any atom is 0.240 e. The van der Waals surface area contributed by atoms with E-state index in [0.29, 0.717) is 17.1 Å². The molecular formula is C19H23ClN2O3S. The Labute approximate surface area is 160 Å². The zero-order valence-corrected chi connectivity index (χ0v) is 16.7. The summed E-state index contributed by atoms with van der Waals surface area (Å²) in [5, 5.41) is 0.600. The molecule has 26 heavy (non-hydrogen) atoms. The van der Waals surface area contributed by atoms with Crippen molar-refractivity contribution in [2.45, 2.75) is 31.7 Å². The minimum atomic E-state index is -3.64. The second kappa shape index (κ2) is 8.66. The van der Waals surface area contributed by atoms with E-state index >= 15 is 0 Å². The Kier molecular flexibility index (Phi) is 6.81. The Bertz CT molecular complexity index is 897. The van der Waals surface area contributed by atoms with E-state index in [1.807, 2.05) is 31.2 Å². The molecule has 1 amide bonds. The average molecular weight is 395 g/mol. The summed E-state index contributed by atoms with van der Waals surface area (Å²) >= 11 is 6.10. The van der Waals surface area contributed by atoms with Gasteiger partial charge >= 0.3 is 0 Å². The van der Waals surface area contributed by atoms with Crippen molar-refractivity contribution >= 4 is 27.5 Å². The fraction of sp³-hybridized carbons (Fsp3) is 0.316. The molecule has 0 unspecified atom stereocenters. The van der Waals surface area contributed by atoms with E-state index in [9.17, 15) is 13.2 Å². The lowest BCUT2D eigenvalue weighted by molar-refractivity contribution is -0.130. The van der Waals surface area contributed by atoms with Crippen LogP contribution in [-0.2, 0) is 21.4 Å². The monoisotopic (exact) mass is 394 g/mol. The van der Waals surface area contributed by atoms with Gasteiger partial charge in [-0.05, 0) is 42.7 Å². The van der Waals surface area contributed by atoms with Crippen molar-refractivity contribution in [3.63, 3.8) is 0 Å². The van der Waals surface area contributed by atoms with Gasteiger partial charge in [0.1, 0.15) is 0 Å². The largest absolute Gasteiger partial charge is 0.341 e. The molecule has 2 aromatic carbocycles. The summed E-state index contributed by atoms with van der Waals surface area (Å²) in [6.45, 7) is 4.01. The van der Waals surface area contributed by atoms with Crippen LogP contribution < -0.4 is 4.72 Å². The summed E-state index contributed by atoms with van der Waals surface area (Å²) in [5.41, 5.74) is 2.39. The summed E-state index contributed by atoms with van der Waals surface area (Å²) in [6.07, 6.45) is 0.0745. The van der Waals surface area contributed by atoms with Gasteiger partial charge in [0.25, 0.3) is 0 Å². The Morgan fingerprint density at radius 1 is 1.15 bits per heavy atom. The first-order valence-corrected chi connectivity index (χ1v) is 10.1. The zero-order chi connectivity index (χ0) is 19.3. The number of nitrogens with zero attached hydrogens (tertiary/aromatic N) is 1. The molecular weight excluding hydrogens is 372 g/mol. The number of carbonyl (C=O) groups excluding carboxylic acids is 1. The Hall–Kier alpha value is -1.89. The standard InChI is InChI=1S/C19H23ClN2O3S/c1-14-8-9-15(2)18(12-14)26(24,25)21-11-10-19(23)22(3)13-16-6-4-5-7-17(16)20/h4-9,12,21H,10-11,13H2,1-3H3. The van der Waals surface area contributed by atoms with E-state index in [4.69, 9.17) is 11.6 Å². The van der Waals surface area contributed by atoms with E-state index in [-0.39, 0.29) is 23.8 Å². The molecule has 0 aliphatic carbocycles. The SMILES string of the molecule is Cc1ccc(C)c(S(=O)(=O)NCCC(=O)N(C)Cc2ccccc2Cl)c1. The normalized spacial score (nSPS) is 11.4. The number of benzene rings is 2. The van der Waals surface area contributed by atoms with Crippen LogP contribution in [0.5, 0.6) is 0 Å². The minimum absolute atomic E-state index is 0.0431. The molecule has 0 aliphatic heterocycles. The van der Waals surface area contributed by atoms with Crippen molar-refractivity contribution in [2.75, 3.05) is 13.6 Å². The van der Waals surface area contributed by atoms with Gasteiger partial charge in [-0.25, -0.2) is 13.1 Å². The third-order valence-electron chi connectivity index (χ3n) is 4.06. The van der Waals surface area contributed by atoms with Crippen LogP contribution in [0.2, 0.25) is 5.02 Å². The van der Waals surface area contributed by atoms with Crippen LogP contribution in [-0.4, -0.2) is 32.8 Å². The average Bonchev–Trinajstić information content (AvgIpc) is 2.58. The van der Waals surface area contributed by atoms with Gasteiger partial charge < -0.3 is 4.90 Å². The number of carbonyl (C=O) groups is 1. The van der Waals surface area contributed by atoms with Crippen molar-refractivity contribution in [3.05, 3.63) is 64.2 Å². The maximum absolute atomic E-state index is 12.4. The highest BCUT2D eigenvalue weighted by molar-refractivity contribution is 7.89. The van der Waals surface area contributed by atoms with Crippen molar-refractivity contribution in [1.82, 2.24) is 9.62 Å². The Morgan fingerprint density at radius 3 is 2.54 bits per heavy atom. The van der Waals surface area contributed by atoms with Gasteiger partial charge in [-0.1, -0.05) is 41.9 Å². The summed E-state index contributed by atoms with van der Waals surface area (Å²) < 4.78 is 27.4. The van der Waals surface area contributed by atoms with E-state index in [2.05, 4.69) is 4.72 Å². The maximum atomic E-state index is 12.4. The number of aryl methyl sites for hydroxylation is 2. The van der Waals surface area contributed by atoms with Gasteiger partial charge in [-0.15, -0.1) is 0 Å². The van der Waals surface area contributed by atoms with Crippen LogP contribution >= 0.6 is 11.6 Å². The van der Waals surface area contributed by atoms with E-state index in [1.165, 1.54) is 4.90 Å². The van der Waals surface area contributed by atoms with Gasteiger partial charge in [-0.2, -0.15) is 0 Å². The van der Waals surface area contributed by atoms with Gasteiger partial charge in [0.2, 0.25) is 15.9 Å². The topological polar surface area (TPSA) is 66.5 Å². The quantitative estimate of drug-likeness (QED) is 0.783. The summed E-state index contributed by atoms with van der Waals surface area (Å²) in [6, 6.07) is 12.6. The first kappa shape index (κ1) is 20.4. The summed E-state index contributed by atoms with van der Waals surface area (Å²) in [5.74, 6) is -0.159. The Balaban J connectivity index is 1.93. The molecule has 0 saturated heterocycles. The second-order valence-electron chi connectivity index (χ2n) is 6.26. The van der Waals surface area contributed by atoms with Crippen LogP contribution in [0.4, 0.5) is 0 Å². The summed E-state index contributed by atoms with van der Waals surface area (Å²) in [4.78, 5) is 14.0. The van der Waals surface area contributed by atoms with Crippen molar-refractivity contribution in [3.8, 4) is 0 Å². The molecule has 0 heterocycles. The van der Waals surface area contributed by atoms with Crippen LogP contribution in [0, 0.1) is 13.8 Å². The van der Waals surface area contributed by atoms with Gasteiger partial charge in [0, 0.05) is 31.6 Å². The highest BCUT2D eigenvalue weighted by Gasteiger charge is 2.18. The molecule has 0 atom stereocenters. The first-order valence-electron chi connectivity index (χ1n) is 8.25. The van der Waals surface area contributed by atoms with E-state index < -0.39 is 10.0 Å². The predicted molar refractivity (Wildman–Crippen MR) is 104 cm³/mol. The predicted octanol–water partition coefficient (Wildman–Crippen LogP) is 3.28. The van der Waals surface area contributed by atoms with Crippen LogP contribution in [0.15, 0.2) is 47.4 Å². The molecule has 0 spiro atoms. The number of halogens is 1. The van der Waals surface area contributed by atoms with Crippen molar-refractivity contribution in [1.29, 1.82) is 0 Å². The molecule has 0 aromatic heterocycles. The molecule has 2 aromatic rings. The first-order chi connectivity index (χ1) is 12.2. The number of nitrogens with one attached hydrogen (secondary N) is 1. The van der Waals surface area contributed by atoms with Crippen LogP contribution in [0.25, 0.3) is 0 Å². The van der Waals surface area contributed by atoms with Gasteiger partial charge in [-0.3, -0.25) is 4.79 Å². The van der Waals surface area contributed by atoms with Crippen molar-refractivity contribution in [2.24, 2.45) is 0 Å². The fourth-order valence-corrected chi connectivity index (χ4v) is 4.08. The lowest BCUT2D eigenvalue weighted by Crippen LogP contribution is -2.32. The van der Waals surface area contributed by atoms with Gasteiger partial charge in [0.05, 0.1) is 4.90 Å². The van der Waals surface area contributed by atoms with Crippen LogP contribution in [0.3, 0.4) is 0 Å². The molecule has 7 heteroatoms. The molecule has 2 rings (SSSR count). The minimum Gasteiger partial charge on any atom is -0.341 e. The number of amides is 1. The number of hydrogen-bond donors (Lipinski definition) is 1. The van der Waals surface area contributed by atoms with Gasteiger partial charge in [0.15, 0.2) is 0 Å². The number of hydrogen-bond acceptors (Lipinski definition) is 3. The molecule has 0 fully saturated rings. The molecule has 0 radical (unpaired) electrons. The number of rotatable bonds is 7. The van der Waals surface area contributed by atoms with Crippen molar-refractivity contribution < 1.29 is 13.2 Å². The molecule has 0 saturated carbocycles. The smallest absolute Gasteiger partial charge is 0.240 e. The molecule has 1 N–H and O–H groups in total. The second-order valence-corrected chi connectivity index (χ2v) is 8.40. The lowest BCUT2D eigenvalue weighted by Gasteiger charge is -2.18. The molecule has 5 nitrogen and oxygen atoms in total. The Morgan fingerprint density at radius 2 is 1.85 bits per heavy atom.